The molecule has 4 nitrogen and oxygen atoms in total. The van der Waals surface area contributed by atoms with E-state index in [1.165, 1.54) is 11.1 Å². The highest BCUT2D eigenvalue weighted by atomic mass is 28.4. The van der Waals surface area contributed by atoms with Crippen LogP contribution in [0.4, 0.5) is 0 Å². The van der Waals surface area contributed by atoms with Gasteiger partial charge in [0.05, 0.1) is 5.56 Å². The maximum atomic E-state index is 14.2. The fraction of sp³-hybridized carbons (Fsp3) is 0.633. The molecule has 1 atom stereocenters. The quantitative estimate of drug-likeness (QED) is 0.136. The normalized spacial score (nSPS) is 13.1. The lowest BCUT2D eigenvalue weighted by Crippen LogP contribution is -2.35. The van der Waals surface area contributed by atoms with Gasteiger partial charge in [-0.15, -0.1) is 0 Å². The van der Waals surface area contributed by atoms with Crippen LogP contribution in [-0.2, 0) is 12.8 Å². The number of benzene rings is 1. The van der Waals surface area contributed by atoms with Gasteiger partial charge in [0.2, 0.25) is 25.0 Å². The van der Waals surface area contributed by atoms with E-state index in [1.807, 2.05) is 6.92 Å². The highest BCUT2D eigenvalue weighted by Gasteiger charge is 2.36. The largest absolute Gasteiger partial charge is 0.544 e. The first-order valence-corrected chi connectivity index (χ1v) is 24.0. The van der Waals surface area contributed by atoms with Crippen LogP contribution in [0.2, 0.25) is 58.9 Å². The molecule has 1 aromatic rings. The smallest absolute Gasteiger partial charge is 0.242 e. The average molecular weight is 563 g/mol. The van der Waals surface area contributed by atoms with Gasteiger partial charge in [-0.25, -0.2) is 0 Å². The molecule has 37 heavy (non-hydrogen) atoms. The van der Waals surface area contributed by atoms with Gasteiger partial charge < -0.3 is 13.3 Å². The van der Waals surface area contributed by atoms with E-state index in [1.54, 1.807) is 0 Å². The Morgan fingerprint density at radius 3 is 1.27 bits per heavy atom. The second-order valence-corrected chi connectivity index (χ2v) is 26.9. The minimum Gasteiger partial charge on any atom is -0.544 e. The molecule has 210 valence electrons. The molecular formula is C30H54O4Si3. The number of rotatable bonds is 13. The Morgan fingerprint density at radius 1 is 0.676 bits per heavy atom. The zero-order chi connectivity index (χ0) is 28.9. The summed E-state index contributed by atoms with van der Waals surface area (Å²) in [6, 6.07) is 0. The molecule has 0 aliphatic heterocycles. The number of ketones is 1. The Hall–Kier alpha value is -1.58. The molecule has 0 spiro atoms. The van der Waals surface area contributed by atoms with E-state index in [-0.39, 0.29) is 11.7 Å². The van der Waals surface area contributed by atoms with E-state index in [9.17, 15) is 4.79 Å². The first kappa shape index (κ1) is 33.4. The third-order valence-electron chi connectivity index (χ3n) is 5.51. The summed E-state index contributed by atoms with van der Waals surface area (Å²) in [7, 11) is -6.22. The zero-order valence-electron chi connectivity index (χ0n) is 26.5. The fourth-order valence-corrected chi connectivity index (χ4v) is 6.23. The molecule has 0 aliphatic rings. The number of hydrogen-bond acceptors (Lipinski definition) is 4. The molecule has 1 aromatic carbocycles. The summed E-state index contributed by atoms with van der Waals surface area (Å²) in [5.41, 5.74) is 5.04. The van der Waals surface area contributed by atoms with Gasteiger partial charge in [0, 0.05) is 17.0 Å². The minimum absolute atomic E-state index is 0.0976. The number of carbonyl (C=O) groups excluding carboxylic acids is 1. The molecule has 0 radical (unpaired) electrons. The summed E-state index contributed by atoms with van der Waals surface area (Å²) < 4.78 is 20.6. The molecule has 1 unspecified atom stereocenters. The van der Waals surface area contributed by atoms with Crippen molar-refractivity contribution in [2.24, 2.45) is 5.92 Å². The van der Waals surface area contributed by atoms with Crippen LogP contribution in [0.1, 0.15) is 69.4 Å². The van der Waals surface area contributed by atoms with Crippen molar-refractivity contribution < 1.29 is 18.1 Å². The first-order chi connectivity index (χ1) is 16.7. The molecule has 1 rings (SSSR count). The van der Waals surface area contributed by atoms with Crippen molar-refractivity contribution in [1.29, 1.82) is 0 Å². The van der Waals surface area contributed by atoms with Crippen molar-refractivity contribution in [3.63, 3.8) is 0 Å². The maximum absolute atomic E-state index is 14.2. The van der Waals surface area contributed by atoms with Crippen molar-refractivity contribution >= 4 is 30.7 Å². The van der Waals surface area contributed by atoms with Crippen LogP contribution in [0.5, 0.6) is 17.2 Å². The summed E-state index contributed by atoms with van der Waals surface area (Å²) in [6.07, 6.45) is 6.49. The molecule has 0 saturated heterocycles. The molecule has 0 aliphatic carbocycles. The van der Waals surface area contributed by atoms with Crippen LogP contribution < -0.4 is 13.3 Å². The van der Waals surface area contributed by atoms with Crippen LogP contribution >= 0.6 is 0 Å². The van der Waals surface area contributed by atoms with Crippen LogP contribution in [-0.4, -0.2) is 30.7 Å². The molecule has 0 N–H and O–H groups in total. The number of allylic oxidation sites excluding steroid dienone is 4. The van der Waals surface area contributed by atoms with Crippen LogP contribution in [0.25, 0.3) is 0 Å². The van der Waals surface area contributed by atoms with E-state index < -0.39 is 25.0 Å². The summed E-state index contributed by atoms with van der Waals surface area (Å²) in [5.74, 6) is 2.19. The van der Waals surface area contributed by atoms with Crippen LogP contribution in [0.3, 0.4) is 0 Å². The second kappa shape index (κ2) is 13.0. The Bertz CT molecular complexity index is 950. The SMILES string of the molecule is CCC(C)C(=O)c1c(O[Si](C)(C)C)c(CC=C(C)C)c(O[Si](C)(C)C)c(CC=C(C)C)c1O[Si](C)(C)C. The van der Waals surface area contributed by atoms with E-state index in [2.05, 4.69) is 106 Å². The summed E-state index contributed by atoms with van der Waals surface area (Å²) in [4.78, 5) is 14.2. The Balaban J connectivity index is 4.49. The topological polar surface area (TPSA) is 44.8 Å². The van der Waals surface area contributed by atoms with Crippen LogP contribution in [0.15, 0.2) is 23.3 Å². The van der Waals surface area contributed by atoms with E-state index in [0.717, 1.165) is 23.3 Å². The van der Waals surface area contributed by atoms with Crippen molar-refractivity contribution in [2.75, 3.05) is 0 Å². The fourth-order valence-electron chi connectivity index (χ4n) is 3.70. The van der Waals surface area contributed by atoms with Gasteiger partial charge in [0.25, 0.3) is 0 Å². The first-order valence-electron chi connectivity index (χ1n) is 13.8. The summed E-state index contributed by atoms with van der Waals surface area (Å²) >= 11 is 0. The van der Waals surface area contributed by atoms with Crippen molar-refractivity contribution in [1.82, 2.24) is 0 Å². The van der Waals surface area contributed by atoms with Crippen molar-refractivity contribution in [2.45, 2.75) is 120 Å². The molecule has 0 heterocycles. The maximum Gasteiger partial charge on any atom is 0.242 e. The molecule has 0 amide bonds. The van der Waals surface area contributed by atoms with E-state index in [0.29, 0.717) is 29.9 Å². The van der Waals surface area contributed by atoms with Crippen LogP contribution in [0, 0.1) is 5.92 Å². The van der Waals surface area contributed by atoms with E-state index in [4.69, 9.17) is 13.3 Å². The zero-order valence-corrected chi connectivity index (χ0v) is 29.5. The van der Waals surface area contributed by atoms with E-state index >= 15 is 0 Å². The molecular weight excluding hydrogens is 509 g/mol. The molecule has 0 aromatic heterocycles. The second-order valence-electron chi connectivity index (χ2n) is 13.6. The Kier molecular flexibility index (Phi) is 11.7. The minimum atomic E-state index is -2.10. The predicted molar refractivity (Wildman–Crippen MR) is 168 cm³/mol. The lowest BCUT2D eigenvalue weighted by molar-refractivity contribution is 0.0923. The van der Waals surface area contributed by atoms with Crippen molar-refractivity contribution in [3.05, 3.63) is 40.0 Å². The third kappa shape index (κ3) is 11.0. The molecule has 0 fully saturated rings. The summed E-state index contributed by atoms with van der Waals surface area (Å²) in [6.45, 7) is 32.2. The van der Waals surface area contributed by atoms with Gasteiger partial charge in [-0.2, -0.15) is 0 Å². The Labute approximate surface area is 231 Å². The lowest BCUT2D eigenvalue weighted by Gasteiger charge is -2.34. The predicted octanol–water partition coefficient (Wildman–Crippen LogP) is 9.57. The Morgan fingerprint density at radius 2 is 1.00 bits per heavy atom. The number of Topliss-reactive ketones (excluding diaryl/α,β-unsaturated/α-hetero) is 1. The highest BCUT2D eigenvalue weighted by molar-refractivity contribution is 6.71. The van der Waals surface area contributed by atoms with Gasteiger partial charge >= 0.3 is 0 Å². The molecule has 0 bridgehead atoms. The average Bonchev–Trinajstić information content (AvgIpc) is 2.68. The third-order valence-corrected chi connectivity index (χ3v) is 7.96. The standard InChI is InChI=1S/C30H54O4Si3/c1-16-23(6)27(31)26-29(33-36(10,11)12)24(19-17-21(2)3)28(32-35(7,8)9)25(20-18-22(4)5)30(26)34-37(13,14)15/h17-18,23H,16,19-20H2,1-15H3. The van der Waals surface area contributed by atoms with Gasteiger partial charge in [0.15, 0.2) is 5.78 Å². The van der Waals surface area contributed by atoms with Gasteiger partial charge in [0.1, 0.15) is 17.2 Å². The number of hydrogen-bond donors (Lipinski definition) is 0. The number of carbonyl (C=O) groups is 1. The summed E-state index contributed by atoms with van der Waals surface area (Å²) in [5, 5.41) is 0. The lowest BCUT2D eigenvalue weighted by atomic mass is 9.89. The van der Waals surface area contributed by atoms with Gasteiger partial charge in [-0.05, 0) is 106 Å². The van der Waals surface area contributed by atoms with Gasteiger partial charge in [-0.3, -0.25) is 4.79 Å². The van der Waals surface area contributed by atoms with Crippen molar-refractivity contribution in [3.8, 4) is 17.2 Å². The molecule has 0 saturated carbocycles. The molecule has 7 heteroatoms. The van der Waals surface area contributed by atoms with Gasteiger partial charge in [-0.1, -0.05) is 37.1 Å². The monoisotopic (exact) mass is 562 g/mol. The highest BCUT2D eigenvalue weighted by Crippen LogP contribution is 2.48.